The van der Waals surface area contributed by atoms with E-state index in [4.69, 9.17) is 0 Å². The topological polar surface area (TPSA) is 12.0 Å². The first-order valence-corrected chi connectivity index (χ1v) is 7.06. The molecule has 2 aromatic carbocycles. The third-order valence-electron chi connectivity index (χ3n) is 3.42. The highest BCUT2D eigenvalue weighted by atomic mass is 19.2. The standard InChI is InChI=1S/C18H14F3N/c1-11-2-7-16(14(19)8-11)22-17-10-13(6-5-12-3-4-12)9-15(20)18(17)21/h2,7-10,12,22H,3-4H2,1H3. The van der Waals surface area contributed by atoms with Gasteiger partial charge in [0.25, 0.3) is 0 Å². The number of benzene rings is 2. The second kappa shape index (κ2) is 5.76. The van der Waals surface area contributed by atoms with Crippen LogP contribution in [0.4, 0.5) is 24.5 Å². The summed E-state index contributed by atoms with van der Waals surface area (Å²) < 4.78 is 41.4. The van der Waals surface area contributed by atoms with Gasteiger partial charge in [0.2, 0.25) is 0 Å². The lowest BCUT2D eigenvalue weighted by Crippen LogP contribution is -2.00. The molecule has 0 bridgehead atoms. The largest absolute Gasteiger partial charge is 0.351 e. The fourth-order valence-corrected chi connectivity index (χ4v) is 2.03. The summed E-state index contributed by atoms with van der Waals surface area (Å²) in [6.45, 7) is 1.75. The predicted molar refractivity (Wildman–Crippen MR) is 80.4 cm³/mol. The molecule has 0 atom stereocenters. The minimum atomic E-state index is -1.04. The number of nitrogens with one attached hydrogen (secondary N) is 1. The highest BCUT2D eigenvalue weighted by Gasteiger charge is 2.18. The molecule has 0 aliphatic heterocycles. The fourth-order valence-electron chi connectivity index (χ4n) is 2.03. The van der Waals surface area contributed by atoms with E-state index in [9.17, 15) is 13.2 Å². The average molecular weight is 301 g/mol. The van der Waals surface area contributed by atoms with E-state index in [-0.39, 0.29) is 11.4 Å². The molecule has 1 N–H and O–H groups in total. The maximum atomic E-state index is 13.9. The Bertz CT molecular complexity index is 783. The number of hydrogen-bond donors (Lipinski definition) is 1. The van der Waals surface area contributed by atoms with Gasteiger partial charge in [0.15, 0.2) is 11.6 Å². The number of anilines is 2. The molecule has 3 rings (SSSR count). The molecule has 112 valence electrons. The summed E-state index contributed by atoms with van der Waals surface area (Å²) in [5.74, 6) is 3.62. The number of halogens is 3. The Kier molecular flexibility index (Phi) is 3.81. The van der Waals surface area contributed by atoms with Crippen LogP contribution in [0.1, 0.15) is 24.0 Å². The van der Waals surface area contributed by atoms with Crippen LogP contribution in [0.25, 0.3) is 0 Å². The van der Waals surface area contributed by atoms with Crippen LogP contribution in [0, 0.1) is 42.1 Å². The van der Waals surface area contributed by atoms with E-state index >= 15 is 0 Å². The van der Waals surface area contributed by atoms with Gasteiger partial charge in [-0.1, -0.05) is 17.9 Å². The molecular formula is C18H14F3N. The van der Waals surface area contributed by atoms with Crippen molar-refractivity contribution < 1.29 is 13.2 Å². The van der Waals surface area contributed by atoms with Crippen molar-refractivity contribution in [2.75, 3.05) is 5.32 Å². The van der Waals surface area contributed by atoms with Crippen LogP contribution in [0.2, 0.25) is 0 Å². The van der Waals surface area contributed by atoms with Gasteiger partial charge in [-0.3, -0.25) is 0 Å². The molecule has 1 fully saturated rings. The summed E-state index contributed by atoms with van der Waals surface area (Å²) in [5, 5.41) is 2.59. The van der Waals surface area contributed by atoms with Gasteiger partial charge in [-0.15, -0.1) is 0 Å². The first-order valence-electron chi connectivity index (χ1n) is 7.06. The van der Waals surface area contributed by atoms with Gasteiger partial charge in [0.05, 0.1) is 11.4 Å². The summed E-state index contributed by atoms with van der Waals surface area (Å²) in [7, 11) is 0. The molecule has 0 unspecified atom stereocenters. The van der Waals surface area contributed by atoms with Crippen molar-refractivity contribution in [2.45, 2.75) is 19.8 Å². The summed E-state index contributed by atoms with van der Waals surface area (Å²) in [6.07, 6.45) is 2.10. The summed E-state index contributed by atoms with van der Waals surface area (Å²) in [6, 6.07) is 6.96. The Morgan fingerprint density at radius 1 is 1.00 bits per heavy atom. The van der Waals surface area contributed by atoms with Gasteiger partial charge in [-0.05, 0) is 49.6 Å². The molecule has 2 aromatic rings. The molecule has 0 spiro atoms. The molecule has 1 aliphatic rings. The van der Waals surface area contributed by atoms with Crippen molar-refractivity contribution in [2.24, 2.45) is 5.92 Å². The zero-order valence-electron chi connectivity index (χ0n) is 12.0. The highest BCUT2D eigenvalue weighted by Crippen LogP contribution is 2.28. The van der Waals surface area contributed by atoms with Gasteiger partial charge in [-0.25, -0.2) is 13.2 Å². The van der Waals surface area contributed by atoms with Gasteiger partial charge < -0.3 is 5.32 Å². The second-order valence-corrected chi connectivity index (χ2v) is 5.47. The van der Waals surface area contributed by atoms with Crippen molar-refractivity contribution >= 4 is 11.4 Å². The molecule has 0 radical (unpaired) electrons. The van der Waals surface area contributed by atoms with Gasteiger partial charge in [-0.2, -0.15) is 0 Å². The smallest absolute Gasteiger partial charge is 0.182 e. The molecule has 0 heterocycles. The lowest BCUT2D eigenvalue weighted by Gasteiger charge is -2.10. The van der Waals surface area contributed by atoms with Crippen molar-refractivity contribution in [3.63, 3.8) is 0 Å². The van der Waals surface area contributed by atoms with Crippen LogP contribution in [0.5, 0.6) is 0 Å². The number of aryl methyl sites for hydroxylation is 1. The first kappa shape index (κ1) is 14.5. The lowest BCUT2D eigenvalue weighted by atomic mass is 10.1. The monoisotopic (exact) mass is 301 g/mol. The predicted octanol–water partition coefficient (Wildman–Crippen LogP) is 4.92. The molecule has 0 saturated heterocycles. The SMILES string of the molecule is Cc1ccc(Nc2cc(C#CC3CC3)cc(F)c2F)c(F)c1. The maximum Gasteiger partial charge on any atom is 0.182 e. The third-order valence-corrected chi connectivity index (χ3v) is 3.42. The highest BCUT2D eigenvalue weighted by molar-refractivity contribution is 5.63. The fraction of sp³-hybridized carbons (Fsp3) is 0.222. The van der Waals surface area contributed by atoms with Crippen LogP contribution in [-0.2, 0) is 0 Å². The summed E-state index contributed by atoms with van der Waals surface area (Å²) in [4.78, 5) is 0. The second-order valence-electron chi connectivity index (χ2n) is 5.47. The normalized spacial score (nSPS) is 13.5. The van der Waals surface area contributed by atoms with Crippen LogP contribution in [-0.4, -0.2) is 0 Å². The third kappa shape index (κ3) is 3.25. The minimum Gasteiger partial charge on any atom is -0.351 e. The van der Waals surface area contributed by atoms with Crippen LogP contribution < -0.4 is 5.32 Å². The molecule has 0 amide bonds. The summed E-state index contributed by atoms with van der Waals surface area (Å²) >= 11 is 0. The molecule has 1 aliphatic carbocycles. The lowest BCUT2D eigenvalue weighted by molar-refractivity contribution is 0.511. The van der Waals surface area contributed by atoms with Crippen molar-refractivity contribution in [1.29, 1.82) is 0 Å². The average Bonchev–Trinajstić information content (AvgIpc) is 3.28. The van der Waals surface area contributed by atoms with E-state index in [1.807, 2.05) is 0 Å². The number of rotatable bonds is 2. The Balaban J connectivity index is 1.93. The quantitative estimate of drug-likeness (QED) is 0.777. The first-order chi connectivity index (χ1) is 10.5. The van der Waals surface area contributed by atoms with Gasteiger partial charge in [0, 0.05) is 11.5 Å². The van der Waals surface area contributed by atoms with Crippen molar-refractivity contribution in [3.8, 4) is 11.8 Å². The van der Waals surface area contributed by atoms with Crippen molar-refractivity contribution in [1.82, 2.24) is 0 Å². The zero-order valence-corrected chi connectivity index (χ0v) is 12.0. The Hall–Kier alpha value is -2.41. The van der Waals surface area contributed by atoms with Gasteiger partial charge >= 0.3 is 0 Å². The van der Waals surface area contributed by atoms with Crippen molar-refractivity contribution in [3.05, 3.63) is 58.9 Å². The van der Waals surface area contributed by atoms with E-state index in [0.717, 1.165) is 24.5 Å². The molecule has 0 aromatic heterocycles. The van der Waals surface area contributed by atoms with E-state index in [1.165, 1.54) is 18.2 Å². The Morgan fingerprint density at radius 2 is 1.77 bits per heavy atom. The summed E-state index contributed by atoms with van der Waals surface area (Å²) in [5.41, 5.74) is 1.10. The van der Waals surface area contributed by atoms with Gasteiger partial charge in [0.1, 0.15) is 5.82 Å². The van der Waals surface area contributed by atoms with E-state index in [2.05, 4.69) is 17.2 Å². The Morgan fingerprint density at radius 3 is 2.45 bits per heavy atom. The van der Waals surface area contributed by atoms with Crippen LogP contribution in [0.15, 0.2) is 30.3 Å². The van der Waals surface area contributed by atoms with E-state index in [0.29, 0.717) is 11.5 Å². The number of hydrogen-bond acceptors (Lipinski definition) is 1. The maximum absolute atomic E-state index is 13.9. The molecule has 4 heteroatoms. The van der Waals surface area contributed by atoms with Crippen LogP contribution in [0.3, 0.4) is 0 Å². The Labute approximate surface area is 127 Å². The minimum absolute atomic E-state index is 0.0937. The molecule has 1 saturated carbocycles. The zero-order chi connectivity index (χ0) is 15.7. The van der Waals surface area contributed by atoms with E-state index in [1.54, 1.807) is 13.0 Å². The molecular weight excluding hydrogens is 287 g/mol. The van der Waals surface area contributed by atoms with Crippen LogP contribution >= 0.6 is 0 Å². The van der Waals surface area contributed by atoms with E-state index < -0.39 is 17.5 Å². The molecule has 1 nitrogen and oxygen atoms in total. The molecule has 22 heavy (non-hydrogen) atoms.